The van der Waals surface area contributed by atoms with Crippen molar-refractivity contribution in [1.29, 1.82) is 0 Å². The number of phenolic OH excluding ortho intramolecular Hbond substituents is 1. The van der Waals surface area contributed by atoms with Gasteiger partial charge in [-0.1, -0.05) is 6.07 Å². The highest BCUT2D eigenvalue weighted by Gasteiger charge is 2.39. The maximum absolute atomic E-state index is 12.7. The van der Waals surface area contributed by atoms with Crippen molar-refractivity contribution in [1.82, 2.24) is 5.32 Å². The minimum absolute atomic E-state index is 0.0304. The summed E-state index contributed by atoms with van der Waals surface area (Å²) >= 11 is 0. The molecule has 1 aromatic carbocycles. The largest absolute Gasteiger partial charge is 0.507 e. The third-order valence-corrected chi connectivity index (χ3v) is 4.34. The summed E-state index contributed by atoms with van der Waals surface area (Å²) in [7, 11) is 1.63. The Morgan fingerprint density at radius 2 is 2.05 bits per heavy atom. The molecule has 5 nitrogen and oxygen atoms in total. The first-order valence-corrected chi connectivity index (χ1v) is 7.30. The molecule has 1 heterocycles. The molecule has 1 aliphatic heterocycles. The van der Waals surface area contributed by atoms with E-state index in [1.54, 1.807) is 7.11 Å². The standard InChI is InChI=1S/C16H24N2O3/c1-11-4-5-13(12(2)14(11)19)18-15(20)16(10-21-3)6-8-17-9-7-16/h4-5,17,19H,6-10H2,1-3H3,(H,18,20). The zero-order chi connectivity index (χ0) is 15.5. The third kappa shape index (κ3) is 3.19. The Hall–Kier alpha value is -1.59. The zero-order valence-electron chi connectivity index (χ0n) is 13.0. The van der Waals surface area contributed by atoms with E-state index in [0.29, 0.717) is 17.9 Å². The van der Waals surface area contributed by atoms with E-state index < -0.39 is 5.41 Å². The van der Waals surface area contributed by atoms with E-state index in [9.17, 15) is 9.90 Å². The summed E-state index contributed by atoms with van der Waals surface area (Å²) in [5, 5.41) is 16.2. The van der Waals surface area contributed by atoms with Crippen LogP contribution in [0.1, 0.15) is 24.0 Å². The molecule has 3 N–H and O–H groups in total. The number of piperidine rings is 1. The van der Waals surface area contributed by atoms with E-state index in [1.807, 2.05) is 26.0 Å². The fourth-order valence-electron chi connectivity index (χ4n) is 2.84. The number of aryl methyl sites for hydroxylation is 1. The Kier molecular flexibility index (Phi) is 4.85. The number of hydrogen-bond donors (Lipinski definition) is 3. The number of carbonyl (C=O) groups excluding carboxylic acids is 1. The van der Waals surface area contributed by atoms with Crippen molar-refractivity contribution in [3.63, 3.8) is 0 Å². The van der Waals surface area contributed by atoms with Gasteiger partial charge in [-0.3, -0.25) is 4.79 Å². The molecule has 0 unspecified atom stereocenters. The highest BCUT2D eigenvalue weighted by atomic mass is 16.5. The van der Waals surface area contributed by atoms with Crippen LogP contribution in [0.5, 0.6) is 5.75 Å². The van der Waals surface area contributed by atoms with Crippen LogP contribution in [0.4, 0.5) is 5.69 Å². The molecule has 1 amide bonds. The van der Waals surface area contributed by atoms with Crippen molar-refractivity contribution in [2.45, 2.75) is 26.7 Å². The number of amides is 1. The molecule has 5 heteroatoms. The number of hydrogen-bond acceptors (Lipinski definition) is 4. The van der Waals surface area contributed by atoms with Crippen molar-refractivity contribution < 1.29 is 14.6 Å². The highest BCUT2D eigenvalue weighted by Crippen LogP contribution is 2.33. The number of ether oxygens (including phenoxy) is 1. The molecule has 1 aromatic rings. The van der Waals surface area contributed by atoms with Crippen molar-refractivity contribution >= 4 is 11.6 Å². The molecule has 1 aliphatic rings. The van der Waals surface area contributed by atoms with Gasteiger partial charge in [-0.05, 0) is 51.4 Å². The molecular weight excluding hydrogens is 268 g/mol. The van der Waals surface area contributed by atoms with Gasteiger partial charge in [0.25, 0.3) is 0 Å². The van der Waals surface area contributed by atoms with Gasteiger partial charge >= 0.3 is 0 Å². The van der Waals surface area contributed by atoms with E-state index in [2.05, 4.69) is 10.6 Å². The lowest BCUT2D eigenvalue weighted by Gasteiger charge is -2.35. The molecule has 0 radical (unpaired) electrons. The molecular formula is C16H24N2O3. The Morgan fingerprint density at radius 1 is 1.38 bits per heavy atom. The molecule has 116 valence electrons. The minimum atomic E-state index is -0.493. The Bertz CT molecular complexity index is 517. The monoisotopic (exact) mass is 292 g/mol. The number of carbonyl (C=O) groups is 1. The smallest absolute Gasteiger partial charge is 0.233 e. The maximum Gasteiger partial charge on any atom is 0.233 e. The van der Waals surface area contributed by atoms with Gasteiger partial charge in [-0.25, -0.2) is 0 Å². The van der Waals surface area contributed by atoms with Crippen molar-refractivity contribution in [2.75, 3.05) is 32.1 Å². The van der Waals surface area contributed by atoms with Crippen LogP contribution in [0.15, 0.2) is 12.1 Å². The average Bonchev–Trinajstić information content (AvgIpc) is 2.49. The van der Waals surface area contributed by atoms with Gasteiger partial charge in [0.15, 0.2) is 0 Å². The molecule has 21 heavy (non-hydrogen) atoms. The maximum atomic E-state index is 12.7. The summed E-state index contributed by atoms with van der Waals surface area (Å²) < 4.78 is 5.28. The first-order valence-electron chi connectivity index (χ1n) is 7.30. The third-order valence-electron chi connectivity index (χ3n) is 4.34. The summed E-state index contributed by atoms with van der Waals surface area (Å²) in [6.07, 6.45) is 1.51. The van der Waals surface area contributed by atoms with E-state index in [-0.39, 0.29) is 11.7 Å². The number of methoxy groups -OCH3 is 1. The van der Waals surface area contributed by atoms with Crippen LogP contribution in [0, 0.1) is 19.3 Å². The van der Waals surface area contributed by atoms with Crippen LogP contribution >= 0.6 is 0 Å². The second-order valence-electron chi connectivity index (χ2n) is 5.82. The molecule has 1 saturated heterocycles. The second-order valence-corrected chi connectivity index (χ2v) is 5.82. The molecule has 0 saturated carbocycles. The lowest BCUT2D eigenvalue weighted by molar-refractivity contribution is -0.130. The fraction of sp³-hybridized carbons (Fsp3) is 0.562. The van der Waals surface area contributed by atoms with E-state index in [0.717, 1.165) is 31.5 Å². The lowest BCUT2D eigenvalue weighted by atomic mass is 9.78. The van der Waals surface area contributed by atoms with E-state index in [4.69, 9.17) is 4.74 Å². The number of aromatic hydroxyl groups is 1. The van der Waals surface area contributed by atoms with Gasteiger partial charge in [0.2, 0.25) is 5.91 Å². The van der Waals surface area contributed by atoms with Crippen LogP contribution in [-0.2, 0) is 9.53 Å². The minimum Gasteiger partial charge on any atom is -0.507 e. The molecule has 0 atom stereocenters. The van der Waals surface area contributed by atoms with Gasteiger partial charge in [0.1, 0.15) is 5.75 Å². The topological polar surface area (TPSA) is 70.6 Å². The predicted molar refractivity (Wildman–Crippen MR) is 82.6 cm³/mol. The van der Waals surface area contributed by atoms with Gasteiger partial charge in [-0.2, -0.15) is 0 Å². The van der Waals surface area contributed by atoms with Crippen molar-refractivity contribution in [3.05, 3.63) is 23.3 Å². The molecule has 0 aromatic heterocycles. The molecule has 0 spiro atoms. The Balaban J connectivity index is 2.21. The van der Waals surface area contributed by atoms with E-state index in [1.165, 1.54) is 0 Å². The number of anilines is 1. The average molecular weight is 292 g/mol. The first kappa shape index (κ1) is 15.8. The number of rotatable bonds is 4. The Morgan fingerprint density at radius 3 is 2.67 bits per heavy atom. The molecule has 0 bridgehead atoms. The van der Waals surface area contributed by atoms with Gasteiger partial charge < -0.3 is 20.5 Å². The highest BCUT2D eigenvalue weighted by molar-refractivity contribution is 5.96. The number of benzene rings is 1. The predicted octanol–water partition coefficient (Wildman–Crippen LogP) is 1.96. The first-order chi connectivity index (χ1) is 10.00. The molecule has 2 rings (SSSR count). The normalized spacial score (nSPS) is 17.5. The number of nitrogens with one attached hydrogen (secondary N) is 2. The van der Waals surface area contributed by atoms with Gasteiger partial charge in [0, 0.05) is 18.4 Å². The number of phenols is 1. The van der Waals surface area contributed by atoms with Crippen LogP contribution in [0.25, 0.3) is 0 Å². The van der Waals surface area contributed by atoms with E-state index >= 15 is 0 Å². The summed E-state index contributed by atoms with van der Waals surface area (Å²) in [5.41, 5.74) is 1.67. The van der Waals surface area contributed by atoms with Crippen molar-refractivity contribution in [3.8, 4) is 5.75 Å². The summed E-state index contributed by atoms with van der Waals surface area (Å²) in [6, 6.07) is 3.65. The quantitative estimate of drug-likeness (QED) is 0.793. The second kappa shape index (κ2) is 6.45. The van der Waals surface area contributed by atoms with Gasteiger partial charge in [-0.15, -0.1) is 0 Å². The molecule has 1 fully saturated rings. The van der Waals surface area contributed by atoms with Gasteiger partial charge in [0.05, 0.1) is 12.0 Å². The fourth-order valence-corrected chi connectivity index (χ4v) is 2.84. The summed E-state index contributed by atoms with van der Waals surface area (Å²) in [6.45, 7) is 5.69. The summed E-state index contributed by atoms with van der Waals surface area (Å²) in [5.74, 6) is 0.205. The SMILES string of the molecule is COCC1(C(=O)Nc2ccc(C)c(O)c2C)CCNCC1. The van der Waals surface area contributed by atoms with Crippen LogP contribution in [0.3, 0.4) is 0 Å². The van der Waals surface area contributed by atoms with Crippen LogP contribution < -0.4 is 10.6 Å². The van der Waals surface area contributed by atoms with Crippen molar-refractivity contribution in [2.24, 2.45) is 5.41 Å². The van der Waals surface area contributed by atoms with Crippen LogP contribution in [-0.4, -0.2) is 37.8 Å². The lowest BCUT2D eigenvalue weighted by Crippen LogP contribution is -2.47. The zero-order valence-corrected chi connectivity index (χ0v) is 13.0. The van der Waals surface area contributed by atoms with Crippen LogP contribution in [0.2, 0.25) is 0 Å². The molecule has 0 aliphatic carbocycles. The summed E-state index contributed by atoms with van der Waals surface area (Å²) in [4.78, 5) is 12.7. The Labute approximate surface area is 125 Å².